The largest absolute Gasteiger partial charge is 0.503 e. The minimum Gasteiger partial charge on any atom is -0.503 e. The number of nitrogens with zero attached hydrogens (tertiary/aromatic N) is 1. The molecule has 1 aromatic carbocycles. The zero-order valence-electron chi connectivity index (χ0n) is 9.53. The summed E-state index contributed by atoms with van der Waals surface area (Å²) in [5.41, 5.74) is 4.97. The van der Waals surface area contributed by atoms with Gasteiger partial charge in [-0.3, -0.25) is 10.3 Å². The van der Waals surface area contributed by atoms with Gasteiger partial charge in [0.2, 0.25) is 5.75 Å². The Morgan fingerprint density at radius 2 is 1.63 bits per heavy atom. The van der Waals surface area contributed by atoms with Crippen LogP contribution in [0.4, 0.5) is 10.5 Å². The molecule has 0 bridgehead atoms. The minimum atomic E-state index is -0.893. The molecule has 0 unspecified atom stereocenters. The van der Waals surface area contributed by atoms with Crippen molar-refractivity contribution in [1.29, 1.82) is 0 Å². The Bertz CT molecular complexity index is 533. The van der Waals surface area contributed by atoms with Gasteiger partial charge in [0.05, 0.1) is 5.69 Å². The van der Waals surface area contributed by atoms with E-state index >= 15 is 0 Å². The Morgan fingerprint density at radius 3 is 2.05 bits per heavy atom. The van der Waals surface area contributed by atoms with E-state index in [1.165, 1.54) is 7.05 Å². The van der Waals surface area contributed by atoms with Crippen LogP contribution in [0.5, 0.6) is 17.2 Å². The van der Waals surface area contributed by atoms with Crippen molar-refractivity contribution in [3.8, 4) is 17.2 Å². The molecule has 0 heterocycles. The maximum absolute atomic E-state index is 11.5. The van der Waals surface area contributed by atoms with Crippen LogP contribution in [-0.4, -0.2) is 34.4 Å². The van der Waals surface area contributed by atoms with Crippen LogP contribution in [0.25, 0.3) is 0 Å². The third-order valence-corrected chi connectivity index (χ3v) is 2.76. The average Bonchev–Trinajstić information content (AvgIpc) is 2.39. The molecule has 8 nitrogen and oxygen atoms in total. The van der Waals surface area contributed by atoms with E-state index in [0.29, 0.717) is 0 Å². The lowest BCUT2D eigenvalue weighted by molar-refractivity contribution is 0.256. The van der Waals surface area contributed by atoms with Crippen LogP contribution < -0.4 is 16.4 Å². The smallest absolute Gasteiger partial charge is 0.326 e. The number of carbonyl (C=O) groups is 1. The zero-order chi connectivity index (χ0) is 14.7. The van der Waals surface area contributed by atoms with E-state index in [0.717, 1.165) is 0 Å². The number of hydrogen-bond donors (Lipinski definition) is 6. The van der Waals surface area contributed by atoms with Crippen LogP contribution in [0.15, 0.2) is 4.99 Å². The normalized spacial score (nSPS) is 11.2. The maximum Gasteiger partial charge on any atom is 0.326 e. The lowest BCUT2D eigenvalue weighted by atomic mass is 10.2. The summed E-state index contributed by atoms with van der Waals surface area (Å²) in [5.74, 6) is -2.71. The molecule has 104 valence electrons. The highest BCUT2D eigenvalue weighted by Crippen LogP contribution is 2.50. The highest BCUT2D eigenvalue weighted by Gasteiger charge is 2.22. The van der Waals surface area contributed by atoms with Gasteiger partial charge in [-0.15, -0.1) is 0 Å². The average molecular weight is 309 g/mol. The SMILES string of the molecule is CN=C(N)NC(=O)Nc1c(Cl)c(O)c(O)c(O)c1Cl. The van der Waals surface area contributed by atoms with Gasteiger partial charge < -0.3 is 26.4 Å². The van der Waals surface area contributed by atoms with Crippen molar-refractivity contribution in [3.05, 3.63) is 10.0 Å². The number of carbonyl (C=O) groups excluding carboxylic acids is 1. The molecule has 0 saturated carbocycles. The monoisotopic (exact) mass is 308 g/mol. The van der Waals surface area contributed by atoms with Gasteiger partial charge >= 0.3 is 6.03 Å². The van der Waals surface area contributed by atoms with Crippen LogP contribution in [0.2, 0.25) is 10.0 Å². The number of aromatic hydroxyl groups is 3. The number of rotatable bonds is 1. The zero-order valence-corrected chi connectivity index (χ0v) is 11.0. The summed E-state index contributed by atoms with van der Waals surface area (Å²) < 4.78 is 0. The van der Waals surface area contributed by atoms with E-state index in [1.807, 2.05) is 0 Å². The Balaban J connectivity index is 3.12. The summed E-state index contributed by atoms with van der Waals surface area (Å²) in [4.78, 5) is 14.9. The summed E-state index contributed by atoms with van der Waals surface area (Å²) in [5, 5.41) is 31.5. The molecular formula is C9H10Cl2N4O4. The number of phenols is 3. The Morgan fingerprint density at radius 1 is 1.16 bits per heavy atom. The minimum absolute atomic E-state index is 0.169. The number of benzene rings is 1. The first-order chi connectivity index (χ1) is 8.79. The van der Waals surface area contributed by atoms with E-state index in [9.17, 15) is 20.1 Å². The van der Waals surface area contributed by atoms with Gasteiger partial charge in [0, 0.05) is 7.05 Å². The number of guanidine groups is 1. The summed E-state index contributed by atoms with van der Waals surface area (Å²) in [6, 6.07) is -0.851. The first-order valence-corrected chi connectivity index (χ1v) is 5.47. The predicted octanol–water partition coefficient (Wildman–Crippen LogP) is 1.18. The quantitative estimate of drug-likeness (QED) is 0.200. The fourth-order valence-corrected chi connectivity index (χ4v) is 1.59. The van der Waals surface area contributed by atoms with Gasteiger partial charge in [0.15, 0.2) is 17.5 Å². The molecule has 1 aromatic rings. The van der Waals surface area contributed by atoms with Gasteiger partial charge in [-0.25, -0.2) is 4.79 Å². The Hall–Kier alpha value is -2.06. The number of phenolic OH excluding ortho intramolecular Hbond substituents is 3. The second kappa shape index (κ2) is 5.72. The summed E-state index contributed by atoms with van der Waals surface area (Å²) >= 11 is 11.4. The molecule has 0 spiro atoms. The number of anilines is 1. The van der Waals surface area contributed by atoms with Crippen LogP contribution in [-0.2, 0) is 0 Å². The van der Waals surface area contributed by atoms with E-state index in [-0.39, 0.29) is 11.6 Å². The van der Waals surface area contributed by atoms with Gasteiger partial charge in [0.25, 0.3) is 0 Å². The number of aliphatic imine (C=N–C) groups is 1. The Labute approximate surface area is 117 Å². The summed E-state index contributed by atoms with van der Waals surface area (Å²) in [6.45, 7) is 0. The second-order valence-corrected chi connectivity index (χ2v) is 3.99. The second-order valence-electron chi connectivity index (χ2n) is 3.24. The standard InChI is InChI=1S/C9H10Cl2N4O4/c1-13-8(12)15-9(19)14-4-2(10)5(16)7(18)6(17)3(4)11/h16-18H,1H3,(H4,12,13,14,15,19). The predicted molar refractivity (Wildman–Crippen MR) is 71.2 cm³/mol. The summed E-state index contributed by atoms with van der Waals surface area (Å²) in [7, 11) is 1.35. The van der Waals surface area contributed by atoms with Gasteiger partial charge in [-0.2, -0.15) is 0 Å². The van der Waals surface area contributed by atoms with Crippen molar-refractivity contribution in [2.24, 2.45) is 10.7 Å². The van der Waals surface area contributed by atoms with Crippen molar-refractivity contribution < 1.29 is 20.1 Å². The van der Waals surface area contributed by atoms with Crippen molar-refractivity contribution in [1.82, 2.24) is 5.32 Å². The highest BCUT2D eigenvalue weighted by molar-refractivity contribution is 6.42. The van der Waals surface area contributed by atoms with Crippen molar-refractivity contribution in [2.45, 2.75) is 0 Å². The molecule has 0 fully saturated rings. The van der Waals surface area contributed by atoms with Crippen LogP contribution >= 0.6 is 23.2 Å². The molecule has 7 N–H and O–H groups in total. The number of halogens is 2. The third kappa shape index (κ3) is 3.04. The number of amides is 2. The van der Waals surface area contributed by atoms with Crippen molar-refractivity contribution in [2.75, 3.05) is 12.4 Å². The molecule has 0 aliphatic carbocycles. The molecule has 1 rings (SSSR count). The van der Waals surface area contributed by atoms with Crippen LogP contribution in [0, 0.1) is 0 Å². The molecule has 10 heteroatoms. The molecular weight excluding hydrogens is 299 g/mol. The number of urea groups is 1. The highest BCUT2D eigenvalue weighted by atomic mass is 35.5. The Kier molecular flexibility index (Phi) is 4.52. The molecule has 0 aliphatic heterocycles. The lowest BCUT2D eigenvalue weighted by Gasteiger charge is -2.13. The van der Waals surface area contributed by atoms with Crippen molar-refractivity contribution >= 4 is 40.9 Å². The summed E-state index contributed by atoms with van der Waals surface area (Å²) in [6.07, 6.45) is 0. The topological polar surface area (TPSA) is 140 Å². The molecule has 0 aromatic heterocycles. The molecule has 19 heavy (non-hydrogen) atoms. The van der Waals surface area contributed by atoms with E-state index in [1.54, 1.807) is 0 Å². The number of hydrogen-bond acceptors (Lipinski definition) is 5. The molecule has 0 radical (unpaired) electrons. The van der Waals surface area contributed by atoms with Gasteiger partial charge in [-0.1, -0.05) is 23.2 Å². The van der Waals surface area contributed by atoms with E-state index in [4.69, 9.17) is 28.9 Å². The van der Waals surface area contributed by atoms with Crippen LogP contribution in [0.1, 0.15) is 0 Å². The first-order valence-electron chi connectivity index (χ1n) is 4.71. The number of nitrogens with one attached hydrogen (secondary N) is 2. The van der Waals surface area contributed by atoms with Gasteiger partial charge in [-0.05, 0) is 0 Å². The van der Waals surface area contributed by atoms with Crippen molar-refractivity contribution in [3.63, 3.8) is 0 Å². The van der Waals surface area contributed by atoms with Crippen LogP contribution in [0.3, 0.4) is 0 Å². The fourth-order valence-electron chi connectivity index (χ4n) is 1.08. The third-order valence-electron chi connectivity index (χ3n) is 2.02. The molecule has 2 amide bonds. The van der Waals surface area contributed by atoms with E-state index < -0.39 is 33.3 Å². The van der Waals surface area contributed by atoms with E-state index in [2.05, 4.69) is 15.6 Å². The number of nitrogens with two attached hydrogens (primary N) is 1. The molecule has 0 atom stereocenters. The molecule has 0 aliphatic rings. The fraction of sp³-hybridized carbons (Fsp3) is 0.111. The molecule has 0 saturated heterocycles. The maximum atomic E-state index is 11.5. The lowest BCUT2D eigenvalue weighted by Crippen LogP contribution is -2.39. The van der Waals surface area contributed by atoms with Gasteiger partial charge in [0.1, 0.15) is 10.0 Å². The first kappa shape index (κ1) is 15.0.